The summed E-state index contributed by atoms with van der Waals surface area (Å²) in [7, 11) is 0. The molecule has 0 fully saturated rings. The van der Waals surface area contributed by atoms with E-state index >= 15 is 0 Å². The van der Waals surface area contributed by atoms with Gasteiger partial charge in [0.15, 0.2) is 17.2 Å². The van der Waals surface area contributed by atoms with Crippen LogP contribution in [0.15, 0.2) is 47.1 Å². The Morgan fingerprint density at radius 2 is 1.96 bits per heavy atom. The zero-order valence-corrected chi connectivity index (χ0v) is 18.3. The van der Waals surface area contributed by atoms with Crippen LogP contribution in [0.2, 0.25) is 0 Å². The highest BCUT2D eigenvalue weighted by Gasteiger charge is 2.25. The van der Waals surface area contributed by atoms with Gasteiger partial charge in [-0.2, -0.15) is 0 Å². The average Bonchev–Trinajstić information content (AvgIpc) is 3.02. The Hall–Kier alpha value is -2.35. The Labute approximate surface area is 178 Å². The molecule has 6 heteroatoms. The number of aliphatic imine (C=N–C) groups is 1. The first-order valence-corrected chi connectivity index (χ1v) is 10.3. The zero-order valence-electron chi connectivity index (χ0n) is 16.1. The van der Waals surface area contributed by atoms with Gasteiger partial charge in [0.05, 0.1) is 16.8 Å². The molecule has 3 rings (SSSR count). The molecular formula is C22H22INO4. The van der Waals surface area contributed by atoms with E-state index in [1.807, 2.05) is 50.2 Å². The van der Waals surface area contributed by atoms with Gasteiger partial charge in [-0.15, -0.1) is 0 Å². The summed E-state index contributed by atoms with van der Waals surface area (Å²) < 4.78 is 17.9. The van der Waals surface area contributed by atoms with Gasteiger partial charge in [-0.1, -0.05) is 25.1 Å². The van der Waals surface area contributed by atoms with Crippen LogP contribution >= 0.6 is 22.6 Å². The van der Waals surface area contributed by atoms with E-state index in [9.17, 15) is 4.79 Å². The molecule has 0 aliphatic carbocycles. The van der Waals surface area contributed by atoms with Crippen LogP contribution in [0.1, 0.15) is 37.0 Å². The van der Waals surface area contributed by atoms with Gasteiger partial charge in [0.2, 0.25) is 5.90 Å². The number of hydrogen-bond acceptors (Lipinski definition) is 5. The molecule has 0 saturated carbocycles. The number of rotatable bonds is 7. The van der Waals surface area contributed by atoms with E-state index in [1.54, 1.807) is 6.08 Å². The number of nitrogens with zero attached hydrogens (tertiary/aromatic N) is 1. The third-order valence-corrected chi connectivity index (χ3v) is 4.88. The van der Waals surface area contributed by atoms with Crippen molar-refractivity contribution in [3.63, 3.8) is 0 Å². The molecule has 0 saturated heterocycles. The molecule has 0 aromatic heterocycles. The molecule has 0 radical (unpaired) electrons. The number of ether oxygens (including phenoxy) is 3. The lowest BCUT2D eigenvalue weighted by molar-refractivity contribution is -0.129. The van der Waals surface area contributed by atoms with Gasteiger partial charge >= 0.3 is 5.97 Å². The maximum absolute atomic E-state index is 12.3. The first-order chi connectivity index (χ1) is 13.5. The lowest BCUT2D eigenvalue weighted by atomic mass is 10.1. The van der Waals surface area contributed by atoms with Gasteiger partial charge in [0, 0.05) is 5.56 Å². The van der Waals surface area contributed by atoms with E-state index in [1.165, 1.54) is 0 Å². The van der Waals surface area contributed by atoms with Crippen molar-refractivity contribution < 1.29 is 19.0 Å². The molecule has 0 amide bonds. The Bertz CT molecular complexity index is 950. The Morgan fingerprint density at radius 3 is 2.68 bits per heavy atom. The third-order valence-electron chi connectivity index (χ3n) is 4.08. The van der Waals surface area contributed by atoms with Crippen LogP contribution in [0.5, 0.6) is 11.5 Å². The quantitative estimate of drug-likeness (QED) is 0.306. The number of hydrogen-bond donors (Lipinski definition) is 0. The molecule has 2 aromatic rings. The highest BCUT2D eigenvalue weighted by atomic mass is 127. The second-order valence-electron chi connectivity index (χ2n) is 6.26. The molecule has 28 heavy (non-hydrogen) atoms. The van der Waals surface area contributed by atoms with Crippen molar-refractivity contribution in [1.82, 2.24) is 0 Å². The molecule has 0 spiro atoms. The van der Waals surface area contributed by atoms with Crippen molar-refractivity contribution >= 4 is 40.5 Å². The predicted molar refractivity (Wildman–Crippen MR) is 118 cm³/mol. The van der Waals surface area contributed by atoms with Crippen LogP contribution in [0.3, 0.4) is 0 Å². The second-order valence-corrected chi connectivity index (χ2v) is 7.42. The highest BCUT2D eigenvalue weighted by molar-refractivity contribution is 14.1. The topological polar surface area (TPSA) is 57.1 Å². The summed E-state index contributed by atoms with van der Waals surface area (Å²) in [4.78, 5) is 16.7. The number of cyclic esters (lactones) is 1. The smallest absolute Gasteiger partial charge is 0.363 e. The molecule has 2 aromatic carbocycles. The number of carbonyl (C=O) groups is 1. The fourth-order valence-corrected chi connectivity index (χ4v) is 3.55. The molecule has 0 bridgehead atoms. The molecule has 0 N–H and O–H groups in total. The minimum Gasteiger partial charge on any atom is -0.490 e. The fourth-order valence-electron chi connectivity index (χ4n) is 2.77. The molecule has 146 valence electrons. The Morgan fingerprint density at radius 1 is 1.18 bits per heavy atom. The van der Waals surface area contributed by atoms with Crippen molar-refractivity contribution in [2.45, 2.75) is 27.2 Å². The van der Waals surface area contributed by atoms with Gasteiger partial charge in [-0.3, -0.25) is 0 Å². The maximum Gasteiger partial charge on any atom is 0.363 e. The summed E-state index contributed by atoms with van der Waals surface area (Å²) in [5.74, 6) is 1.25. The summed E-state index contributed by atoms with van der Waals surface area (Å²) in [6.07, 6.45) is 2.62. The first kappa shape index (κ1) is 20.4. The lowest BCUT2D eigenvalue weighted by Gasteiger charge is -2.14. The zero-order chi connectivity index (χ0) is 20.1. The molecule has 1 heterocycles. The predicted octanol–water partition coefficient (Wildman–Crippen LogP) is 5.13. The molecule has 1 aliphatic rings. The van der Waals surface area contributed by atoms with Crippen molar-refractivity contribution in [3.05, 3.63) is 62.4 Å². The molecule has 5 nitrogen and oxygen atoms in total. The number of halogens is 1. The molecule has 1 aliphatic heterocycles. The standard InChI is InChI=1S/C22H22INO4/c1-4-10-27-20-17(23)11-15(13-19(20)26-5-2)12-18-22(25)28-21(24-18)16-9-7-6-8-14(16)3/h6-9,11-13H,4-5,10H2,1-3H3/b18-12+. The summed E-state index contributed by atoms with van der Waals surface area (Å²) in [6.45, 7) is 7.08. The van der Waals surface area contributed by atoms with Crippen molar-refractivity contribution in [1.29, 1.82) is 0 Å². The van der Waals surface area contributed by atoms with Crippen molar-refractivity contribution in [3.8, 4) is 11.5 Å². The van der Waals surface area contributed by atoms with Gasteiger partial charge in [0.25, 0.3) is 0 Å². The number of aryl methyl sites for hydroxylation is 1. The molecule has 0 unspecified atom stereocenters. The van der Waals surface area contributed by atoms with Crippen molar-refractivity contribution in [2.75, 3.05) is 13.2 Å². The molecular weight excluding hydrogens is 469 g/mol. The average molecular weight is 491 g/mol. The number of esters is 1. The van der Waals surface area contributed by atoms with Crippen molar-refractivity contribution in [2.24, 2.45) is 4.99 Å². The normalized spacial score (nSPS) is 14.8. The van der Waals surface area contributed by atoms with Crippen LogP contribution in [0, 0.1) is 10.5 Å². The van der Waals surface area contributed by atoms with Gasteiger partial charge in [0.1, 0.15) is 0 Å². The van der Waals surface area contributed by atoms with E-state index in [-0.39, 0.29) is 5.70 Å². The van der Waals surface area contributed by atoms with E-state index in [4.69, 9.17) is 14.2 Å². The first-order valence-electron chi connectivity index (χ1n) is 9.21. The monoisotopic (exact) mass is 491 g/mol. The van der Waals surface area contributed by atoms with E-state index < -0.39 is 5.97 Å². The Balaban J connectivity index is 1.96. The summed E-state index contributed by atoms with van der Waals surface area (Å²) in [6, 6.07) is 11.5. The van der Waals surface area contributed by atoms with Crippen LogP contribution in [0.25, 0.3) is 6.08 Å². The number of benzene rings is 2. The third kappa shape index (κ3) is 4.55. The Kier molecular flexibility index (Phi) is 6.72. The van der Waals surface area contributed by atoms with E-state index in [2.05, 4.69) is 34.5 Å². The van der Waals surface area contributed by atoms with Gasteiger partial charge < -0.3 is 14.2 Å². The van der Waals surface area contributed by atoms with Gasteiger partial charge in [-0.05, 0) is 78.3 Å². The van der Waals surface area contributed by atoms with Crippen LogP contribution in [-0.4, -0.2) is 25.1 Å². The maximum atomic E-state index is 12.3. The van der Waals surface area contributed by atoms with Crippen LogP contribution in [-0.2, 0) is 9.53 Å². The summed E-state index contributed by atoms with van der Waals surface area (Å²) in [5.41, 5.74) is 2.88. The second kappa shape index (κ2) is 9.23. The summed E-state index contributed by atoms with van der Waals surface area (Å²) in [5, 5.41) is 0. The lowest BCUT2D eigenvalue weighted by Crippen LogP contribution is -2.06. The highest BCUT2D eigenvalue weighted by Crippen LogP contribution is 2.35. The largest absolute Gasteiger partial charge is 0.490 e. The van der Waals surface area contributed by atoms with E-state index in [0.717, 1.165) is 32.4 Å². The number of carbonyl (C=O) groups excluding carboxylic acids is 1. The minimum absolute atomic E-state index is 0.263. The minimum atomic E-state index is -0.461. The molecule has 0 atom stereocenters. The van der Waals surface area contributed by atoms with Crippen LogP contribution < -0.4 is 9.47 Å². The SMILES string of the molecule is CCCOc1c(I)cc(/C=C2/N=C(c3ccccc3C)OC2=O)cc1OCC. The fraction of sp³-hybridized carbons (Fsp3) is 0.273. The van der Waals surface area contributed by atoms with E-state index in [0.29, 0.717) is 24.9 Å². The summed E-state index contributed by atoms with van der Waals surface area (Å²) >= 11 is 2.21. The van der Waals surface area contributed by atoms with Crippen LogP contribution in [0.4, 0.5) is 0 Å². The van der Waals surface area contributed by atoms with Gasteiger partial charge in [-0.25, -0.2) is 9.79 Å².